The Kier molecular flexibility index (Phi) is 5.44. The molecular formula is C11H12ClNO3S3. The molecule has 0 radical (unpaired) electrons. The maximum atomic E-state index is 12.0. The summed E-state index contributed by atoms with van der Waals surface area (Å²) in [5, 5.41) is 9.01. The van der Waals surface area contributed by atoms with Crippen molar-refractivity contribution in [1.82, 2.24) is 4.90 Å². The number of rotatable bonds is 5. The molecule has 1 aromatic rings. The van der Waals surface area contributed by atoms with Crippen molar-refractivity contribution in [1.29, 1.82) is 0 Å². The molecule has 104 valence electrons. The maximum absolute atomic E-state index is 12.0. The molecule has 1 fully saturated rings. The molecule has 1 aliphatic rings. The number of nitrogens with zero attached hydrogens (tertiary/aromatic N) is 1. The van der Waals surface area contributed by atoms with Gasteiger partial charge in [0, 0.05) is 16.4 Å². The molecule has 0 bridgehead atoms. The Labute approximate surface area is 128 Å². The summed E-state index contributed by atoms with van der Waals surface area (Å²) >= 11 is 10.3. The number of carbonyl (C=O) groups is 2. The first-order valence-electron chi connectivity index (χ1n) is 5.50. The van der Waals surface area contributed by atoms with Gasteiger partial charge in [-0.3, -0.25) is 4.79 Å². The minimum atomic E-state index is -0.923. The molecule has 1 aromatic heterocycles. The van der Waals surface area contributed by atoms with Crippen molar-refractivity contribution in [3.05, 3.63) is 21.3 Å². The van der Waals surface area contributed by atoms with E-state index in [4.69, 9.17) is 16.7 Å². The topological polar surface area (TPSA) is 57.6 Å². The van der Waals surface area contributed by atoms with E-state index in [0.29, 0.717) is 17.4 Å². The number of hydrogen-bond acceptors (Lipinski definition) is 5. The highest BCUT2D eigenvalue weighted by Gasteiger charge is 2.34. The summed E-state index contributed by atoms with van der Waals surface area (Å²) in [6.07, 6.45) is 0. The van der Waals surface area contributed by atoms with Crippen molar-refractivity contribution in [2.45, 2.75) is 11.8 Å². The molecule has 2 rings (SSSR count). The Bertz CT molecular complexity index is 480. The summed E-state index contributed by atoms with van der Waals surface area (Å²) in [5.41, 5.74) is 0. The van der Waals surface area contributed by atoms with E-state index in [2.05, 4.69) is 0 Å². The van der Waals surface area contributed by atoms with Crippen LogP contribution in [0, 0.1) is 0 Å². The van der Waals surface area contributed by atoms with Crippen LogP contribution in [0.25, 0.3) is 0 Å². The average molecular weight is 338 g/mol. The number of thioether (sulfide) groups is 2. The van der Waals surface area contributed by atoms with Gasteiger partial charge in [0.05, 0.1) is 16.0 Å². The molecule has 1 N–H and O–H groups in total. The number of hydrogen-bond donors (Lipinski definition) is 1. The minimum absolute atomic E-state index is 0.106. The normalized spacial score (nSPS) is 18.8. The lowest BCUT2D eigenvalue weighted by Gasteiger charge is -2.20. The van der Waals surface area contributed by atoms with Gasteiger partial charge < -0.3 is 10.0 Å². The van der Waals surface area contributed by atoms with Gasteiger partial charge in [0.25, 0.3) is 0 Å². The molecule has 0 aromatic carbocycles. The van der Waals surface area contributed by atoms with Crippen LogP contribution in [0.15, 0.2) is 12.1 Å². The van der Waals surface area contributed by atoms with Gasteiger partial charge in [0.2, 0.25) is 5.91 Å². The van der Waals surface area contributed by atoms with Crippen LogP contribution >= 0.6 is 46.5 Å². The largest absolute Gasteiger partial charge is 0.480 e. The SMILES string of the molecule is O=C(O)C1CSCN1C(=O)CSCc1ccc(Cl)s1. The zero-order chi connectivity index (χ0) is 13.8. The Morgan fingerprint density at radius 3 is 2.95 bits per heavy atom. The highest BCUT2D eigenvalue weighted by atomic mass is 35.5. The molecule has 19 heavy (non-hydrogen) atoms. The highest BCUT2D eigenvalue weighted by molar-refractivity contribution is 7.99. The lowest BCUT2D eigenvalue weighted by Crippen LogP contribution is -2.42. The van der Waals surface area contributed by atoms with Gasteiger partial charge in [-0.05, 0) is 12.1 Å². The van der Waals surface area contributed by atoms with E-state index in [1.165, 1.54) is 39.8 Å². The smallest absolute Gasteiger partial charge is 0.327 e. The van der Waals surface area contributed by atoms with E-state index < -0.39 is 12.0 Å². The van der Waals surface area contributed by atoms with Gasteiger partial charge in [0.15, 0.2) is 0 Å². The fraction of sp³-hybridized carbons (Fsp3) is 0.455. The lowest BCUT2D eigenvalue weighted by molar-refractivity contribution is -0.146. The van der Waals surface area contributed by atoms with Gasteiger partial charge in [-0.15, -0.1) is 34.9 Å². The molecule has 1 aliphatic heterocycles. The molecule has 0 saturated carbocycles. The Balaban J connectivity index is 1.79. The van der Waals surface area contributed by atoms with Crippen molar-refractivity contribution in [2.75, 3.05) is 17.4 Å². The first kappa shape index (κ1) is 15.0. The van der Waals surface area contributed by atoms with Gasteiger partial charge in [-0.25, -0.2) is 4.79 Å². The summed E-state index contributed by atoms with van der Waals surface area (Å²) in [6.45, 7) is 0. The summed E-state index contributed by atoms with van der Waals surface area (Å²) in [7, 11) is 0. The Morgan fingerprint density at radius 1 is 1.53 bits per heavy atom. The number of aliphatic carboxylic acids is 1. The maximum Gasteiger partial charge on any atom is 0.327 e. The van der Waals surface area contributed by atoms with Crippen LogP contribution in [-0.2, 0) is 15.3 Å². The third kappa shape index (κ3) is 4.05. The van der Waals surface area contributed by atoms with Crippen LogP contribution in [0.3, 0.4) is 0 Å². The number of carboxylic acid groups (broad SMARTS) is 1. The van der Waals surface area contributed by atoms with Crippen LogP contribution in [0.2, 0.25) is 4.34 Å². The van der Waals surface area contributed by atoms with Crippen LogP contribution in [0.5, 0.6) is 0 Å². The quantitative estimate of drug-likeness (QED) is 0.895. The summed E-state index contributed by atoms with van der Waals surface area (Å²) in [5.74, 6) is 0.952. The number of halogens is 1. The van der Waals surface area contributed by atoms with Gasteiger partial charge >= 0.3 is 5.97 Å². The zero-order valence-corrected chi connectivity index (χ0v) is 13.1. The molecule has 1 unspecified atom stereocenters. The Morgan fingerprint density at radius 2 is 2.32 bits per heavy atom. The monoisotopic (exact) mass is 337 g/mol. The molecule has 1 atom stereocenters. The second kappa shape index (κ2) is 6.88. The van der Waals surface area contributed by atoms with Gasteiger partial charge in [-0.2, -0.15) is 0 Å². The minimum Gasteiger partial charge on any atom is -0.480 e. The molecule has 1 amide bonds. The second-order valence-electron chi connectivity index (χ2n) is 3.92. The van der Waals surface area contributed by atoms with E-state index in [-0.39, 0.29) is 5.91 Å². The van der Waals surface area contributed by atoms with Crippen molar-refractivity contribution >= 4 is 58.3 Å². The fourth-order valence-corrected chi connectivity index (χ4v) is 4.92. The summed E-state index contributed by atoms with van der Waals surface area (Å²) in [6, 6.07) is 3.10. The number of amides is 1. The van der Waals surface area contributed by atoms with E-state index in [1.54, 1.807) is 0 Å². The van der Waals surface area contributed by atoms with Crippen LogP contribution in [0.1, 0.15) is 4.88 Å². The second-order valence-corrected chi connectivity index (χ2v) is 7.70. The highest BCUT2D eigenvalue weighted by Crippen LogP contribution is 2.26. The third-order valence-corrected chi connectivity index (χ3v) is 5.98. The summed E-state index contributed by atoms with van der Waals surface area (Å²) < 4.78 is 0.740. The fourth-order valence-electron chi connectivity index (χ4n) is 1.64. The standard InChI is InChI=1S/C11H12ClNO3S3/c12-9-2-1-7(19-9)3-17-5-10(14)13-6-18-4-8(13)11(15)16/h1-2,8H,3-6H2,(H,15,16). The first-order chi connectivity index (χ1) is 9.08. The predicted molar refractivity (Wildman–Crippen MR) is 81.1 cm³/mol. The third-order valence-electron chi connectivity index (χ3n) is 2.59. The van der Waals surface area contributed by atoms with Crippen molar-refractivity contribution < 1.29 is 14.7 Å². The first-order valence-corrected chi connectivity index (χ1v) is 9.00. The van der Waals surface area contributed by atoms with Gasteiger partial charge in [-0.1, -0.05) is 11.6 Å². The molecule has 4 nitrogen and oxygen atoms in total. The molecule has 0 spiro atoms. The summed E-state index contributed by atoms with van der Waals surface area (Å²) in [4.78, 5) is 25.5. The van der Waals surface area contributed by atoms with Gasteiger partial charge in [0.1, 0.15) is 6.04 Å². The van der Waals surface area contributed by atoms with Crippen molar-refractivity contribution in [3.8, 4) is 0 Å². The van der Waals surface area contributed by atoms with E-state index in [9.17, 15) is 9.59 Å². The van der Waals surface area contributed by atoms with Crippen molar-refractivity contribution in [2.24, 2.45) is 0 Å². The van der Waals surface area contributed by atoms with Crippen molar-refractivity contribution in [3.63, 3.8) is 0 Å². The van der Waals surface area contributed by atoms with E-state index in [1.807, 2.05) is 12.1 Å². The number of carbonyl (C=O) groups excluding carboxylic acids is 1. The van der Waals surface area contributed by atoms with Crippen LogP contribution < -0.4 is 0 Å². The average Bonchev–Trinajstić information content (AvgIpc) is 2.97. The van der Waals surface area contributed by atoms with Crippen LogP contribution in [0.4, 0.5) is 0 Å². The predicted octanol–water partition coefficient (Wildman–Crippen LogP) is 2.62. The molecule has 1 saturated heterocycles. The van der Waals surface area contributed by atoms with E-state index in [0.717, 1.165) is 15.0 Å². The van der Waals surface area contributed by atoms with Crippen LogP contribution in [-0.4, -0.2) is 45.3 Å². The molecular weight excluding hydrogens is 326 g/mol. The molecule has 8 heteroatoms. The number of thiophene rings is 1. The lowest BCUT2D eigenvalue weighted by atomic mass is 10.3. The molecule has 2 heterocycles. The molecule has 0 aliphatic carbocycles. The Hall–Kier alpha value is -0.370. The zero-order valence-electron chi connectivity index (χ0n) is 9.87. The number of carboxylic acids is 1. The van der Waals surface area contributed by atoms with E-state index >= 15 is 0 Å².